The third kappa shape index (κ3) is 4.66. The van der Waals surface area contributed by atoms with Crippen molar-refractivity contribution in [2.45, 2.75) is 17.9 Å². The van der Waals surface area contributed by atoms with Gasteiger partial charge in [0.2, 0.25) is 15.3 Å². The second-order valence-electron chi connectivity index (χ2n) is 3.45. The summed E-state index contributed by atoms with van der Waals surface area (Å²) >= 11 is 5.46. The van der Waals surface area contributed by atoms with E-state index in [0.717, 1.165) is 12.4 Å². The van der Waals surface area contributed by atoms with Crippen LogP contribution in [-0.4, -0.2) is 40.6 Å². The number of nitrogens with zero attached hydrogens (tertiary/aromatic N) is 2. The van der Waals surface area contributed by atoms with Crippen LogP contribution in [0.2, 0.25) is 5.28 Å². The van der Waals surface area contributed by atoms with Crippen molar-refractivity contribution in [3.8, 4) is 0 Å². The number of hydrogen-bond donors (Lipinski definition) is 1. The van der Waals surface area contributed by atoms with Gasteiger partial charge in [0.1, 0.15) is 4.90 Å². The Labute approximate surface area is 107 Å². The fraction of sp³-hybridized carbons (Fsp3) is 0.500. The SMILES string of the molecule is CC(CS(C)=O)NS(=O)(=O)c1cnc(Cl)nc1. The molecule has 0 saturated heterocycles. The van der Waals surface area contributed by atoms with Crippen LogP contribution >= 0.6 is 11.6 Å². The molecule has 0 aliphatic rings. The second kappa shape index (κ2) is 5.85. The Morgan fingerprint density at radius 2 is 2.00 bits per heavy atom. The Morgan fingerprint density at radius 1 is 1.47 bits per heavy atom. The van der Waals surface area contributed by atoms with Gasteiger partial charge in [-0.25, -0.2) is 23.1 Å². The quantitative estimate of drug-likeness (QED) is 0.783. The molecule has 0 amide bonds. The van der Waals surface area contributed by atoms with E-state index in [-0.39, 0.29) is 15.9 Å². The molecule has 1 rings (SSSR count). The zero-order valence-corrected chi connectivity index (χ0v) is 11.6. The number of hydrogen-bond acceptors (Lipinski definition) is 5. The minimum atomic E-state index is -3.69. The van der Waals surface area contributed by atoms with E-state index in [1.54, 1.807) is 6.92 Å². The molecule has 1 heterocycles. The summed E-state index contributed by atoms with van der Waals surface area (Å²) in [6.45, 7) is 1.63. The van der Waals surface area contributed by atoms with Crippen molar-refractivity contribution in [2.24, 2.45) is 0 Å². The predicted molar refractivity (Wildman–Crippen MR) is 65.8 cm³/mol. The van der Waals surface area contributed by atoms with Crippen molar-refractivity contribution in [3.05, 3.63) is 17.7 Å². The molecule has 0 radical (unpaired) electrons. The lowest BCUT2D eigenvalue weighted by Crippen LogP contribution is -2.36. The molecule has 0 spiro atoms. The lowest BCUT2D eigenvalue weighted by Gasteiger charge is -2.12. The van der Waals surface area contributed by atoms with Crippen LogP contribution in [0.1, 0.15) is 6.92 Å². The molecule has 0 aliphatic carbocycles. The maximum absolute atomic E-state index is 11.8. The second-order valence-corrected chi connectivity index (χ2v) is 6.98. The van der Waals surface area contributed by atoms with Gasteiger partial charge in [0.15, 0.2) is 0 Å². The smallest absolute Gasteiger partial charge is 0.243 e. The highest BCUT2D eigenvalue weighted by molar-refractivity contribution is 7.89. The van der Waals surface area contributed by atoms with E-state index in [0.29, 0.717) is 0 Å². The molecule has 0 saturated carbocycles. The number of aromatic nitrogens is 2. The lowest BCUT2D eigenvalue weighted by atomic mass is 10.4. The maximum Gasteiger partial charge on any atom is 0.243 e. The summed E-state index contributed by atoms with van der Waals surface area (Å²) in [6.07, 6.45) is 3.75. The molecule has 1 aromatic heterocycles. The van der Waals surface area contributed by atoms with Crippen LogP contribution in [0.5, 0.6) is 0 Å². The van der Waals surface area contributed by atoms with Crippen LogP contribution in [0.25, 0.3) is 0 Å². The molecule has 6 nitrogen and oxygen atoms in total. The normalized spacial score (nSPS) is 15.5. The van der Waals surface area contributed by atoms with Gasteiger partial charge in [-0.1, -0.05) is 0 Å². The average molecular weight is 298 g/mol. The van der Waals surface area contributed by atoms with Gasteiger partial charge in [0.05, 0.1) is 12.4 Å². The molecule has 96 valence electrons. The molecule has 9 heteroatoms. The predicted octanol–water partition coefficient (Wildman–Crippen LogP) is 0.175. The summed E-state index contributed by atoms with van der Waals surface area (Å²) in [6, 6.07) is -0.429. The summed E-state index contributed by atoms with van der Waals surface area (Å²) in [5.74, 6) is 0.244. The van der Waals surface area contributed by atoms with Gasteiger partial charge in [-0.05, 0) is 18.5 Å². The highest BCUT2D eigenvalue weighted by Gasteiger charge is 2.18. The Balaban J connectivity index is 2.82. The number of halogens is 1. The molecule has 2 atom stereocenters. The first-order valence-electron chi connectivity index (χ1n) is 4.61. The standard InChI is InChI=1S/C8H12ClN3O3S2/c1-6(5-16(2)13)12-17(14,15)7-3-10-8(9)11-4-7/h3-4,6,12H,5H2,1-2H3. The number of sulfonamides is 1. The third-order valence-corrected chi connectivity index (χ3v) is 4.46. The van der Waals surface area contributed by atoms with Crippen molar-refractivity contribution >= 4 is 32.4 Å². The zero-order valence-electron chi connectivity index (χ0n) is 9.25. The molecular formula is C8H12ClN3O3S2. The van der Waals surface area contributed by atoms with E-state index in [1.165, 1.54) is 6.26 Å². The topological polar surface area (TPSA) is 89.0 Å². The highest BCUT2D eigenvalue weighted by Crippen LogP contribution is 2.08. The number of rotatable bonds is 5. The summed E-state index contributed by atoms with van der Waals surface area (Å²) in [5.41, 5.74) is 0. The van der Waals surface area contributed by atoms with Crippen LogP contribution in [0.4, 0.5) is 0 Å². The van der Waals surface area contributed by atoms with Gasteiger partial charge in [0, 0.05) is 28.9 Å². The van der Waals surface area contributed by atoms with Gasteiger partial charge in [-0.3, -0.25) is 4.21 Å². The van der Waals surface area contributed by atoms with E-state index in [9.17, 15) is 12.6 Å². The Bertz CT molecular complexity index is 503. The summed E-state index contributed by atoms with van der Waals surface area (Å²) < 4.78 is 36.9. The molecule has 2 unspecified atom stereocenters. The van der Waals surface area contributed by atoms with Crippen LogP contribution in [0.3, 0.4) is 0 Å². The molecule has 0 aliphatic heterocycles. The van der Waals surface area contributed by atoms with Gasteiger partial charge >= 0.3 is 0 Å². The van der Waals surface area contributed by atoms with Gasteiger partial charge < -0.3 is 0 Å². The fourth-order valence-corrected chi connectivity index (χ4v) is 3.28. The molecular weight excluding hydrogens is 286 g/mol. The van der Waals surface area contributed by atoms with Crippen LogP contribution in [-0.2, 0) is 20.8 Å². The molecule has 0 bridgehead atoms. The molecule has 1 N–H and O–H groups in total. The van der Waals surface area contributed by atoms with E-state index in [4.69, 9.17) is 11.6 Å². The number of nitrogens with one attached hydrogen (secondary N) is 1. The summed E-state index contributed by atoms with van der Waals surface area (Å²) in [5, 5.41) is -0.0216. The fourth-order valence-electron chi connectivity index (χ4n) is 1.16. The first-order chi connectivity index (χ1) is 7.81. The zero-order chi connectivity index (χ0) is 13.1. The van der Waals surface area contributed by atoms with E-state index >= 15 is 0 Å². The van der Waals surface area contributed by atoms with Crippen LogP contribution in [0.15, 0.2) is 17.3 Å². The first kappa shape index (κ1) is 14.5. The highest BCUT2D eigenvalue weighted by atomic mass is 35.5. The molecule has 17 heavy (non-hydrogen) atoms. The van der Waals surface area contributed by atoms with Crippen LogP contribution < -0.4 is 4.72 Å². The van der Waals surface area contributed by atoms with E-state index in [1.807, 2.05) is 0 Å². The average Bonchev–Trinajstić information content (AvgIpc) is 2.15. The molecule has 1 aromatic rings. The van der Waals surface area contributed by atoms with Gasteiger partial charge in [-0.15, -0.1) is 0 Å². The summed E-state index contributed by atoms with van der Waals surface area (Å²) in [4.78, 5) is 7.10. The largest absolute Gasteiger partial charge is 0.260 e. The van der Waals surface area contributed by atoms with Crippen molar-refractivity contribution in [1.82, 2.24) is 14.7 Å². The van der Waals surface area contributed by atoms with E-state index < -0.39 is 26.9 Å². The third-order valence-electron chi connectivity index (χ3n) is 1.75. The Kier molecular flexibility index (Phi) is 4.99. The minimum absolute atomic E-state index is 0.0216. The van der Waals surface area contributed by atoms with Crippen molar-refractivity contribution in [2.75, 3.05) is 12.0 Å². The lowest BCUT2D eigenvalue weighted by molar-refractivity contribution is 0.569. The van der Waals surface area contributed by atoms with Crippen molar-refractivity contribution in [3.63, 3.8) is 0 Å². The minimum Gasteiger partial charge on any atom is -0.260 e. The Morgan fingerprint density at radius 3 is 2.47 bits per heavy atom. The summed E-state index contributed by atoms with van der Waals surface area (Å²) in [7, 11) is -4.76. The van der Waals surface area contributed by atoms with Crippen molar-refractivity contribution < 1.29 is 12.6 Å². The van der Waals surface area contributed by atoms with Crippen molar-refractivity contribution in [1.29, 1.82) is 0 Å². The van der Waals surface area contributed by atoms with Crippen LogP contribution in [0, 0.1) is 0 Å². The molecule has 0 aromatic carbocycles. The monoisotopic (exact) mass is 297 g/mol. The Hall–Kier alpha value is -0.570. The first-order valence-corrected chi connectivity index (χ1v) is 8.20. The van der Waals surface area contributed by atoms with E-state index in [2.05, 4.69) is 14.7 Å². The maximum atomic E-state index is 11.8. The molecule has 0 fully saturated rings. The van der Waals surface area contributed by atoms with Gasteiger partial charge in [-0.2, -0.15) is 0 Å². The van der Waals surface area contributed by atoms with Gasteiger partial charge in [0.25, 0.3) is 0 Å².